The van der Waals surface area contributed by atoms with Crippen molar-refractivity contribution in [3.63, 3.8) is 0 Å². The van der Waals surface area contributed by atoms with E-state index in [2.05, 4.69) is 15.3 Å². The minimum atomic E-state index is -4.32. The van der Waals surface area contributed by atoms with Gasteiger partial charge in [0.15, 0.2) is 0 Å². The third-order valence-corrected chi connectivity index (χ3v) is 2.50. The number of hydrogen-bond donors (Lipinski definition) is 1. The number of halogens is 3. The van der Waals surface area contributed by atoms with E-state index in [1.165, 1.54) is 18.3 Å². The molecule has 0 aliphatic heterocycles. The molecular weight excluding hydrogens is 255 g/mol. The van der Waals surface area contributed by atoms with Gasteiger partial charge in [-0.3, -0.25) is 4.98 Å². The first kappa shape index (κ1) is 13.3. The molecule has 0 bridgehead atoms. The van der Waals surface area contributed by atoms with E-state index in [1.54, 1.807) is 6.20 Å². The van der Waals surface area contributed by atoms with E-state index in [0.717, 1.165) is 12.1 Å². The molecule has 1 aromatic carbocycles. The predicted octanol–water partition coefficient (Wildman–Crippen LogP) is 3.59. The van der Waals surface area contributed by atoms with Crippen molar-refractivity contribution in [2.75, 3.05) is 11.9 Å². The number of benzene rings is 1. The Morgan fingerprint density at radius 2 is 1.79 bits per heavy atom. The van der Waals surface area contributed by atoms with Crippen molar-refractivity contribution in [2.45, 2.75) is 13.1 Å². The van der Waals surface area contributed by atoms with Crippen LogP contribution in [0.15, 0.2) is 36.7 Å². The molecule has 1 aromatic heterocycles. The van der Waals surface area contributed by atoms with Gasteiger partial charge in [0.2, 0.25) is 0 Å². The van der Waals surface area contributed by atoms with Crippen LogP contribution >= 0.6 is 0 Å². The lowest BCUT2D eigenvalue weighted by Crippen LogP contribution is -2.04. The zero-order valence-corrected chi connectivity index (χ0v) is 10.2. The maximum atomic E-state index is 12.4. The van der Waals surface area contributed by atoms with Gasteiger partial charge < -0.3 is 5.32 Å². The fraction of sp³-hybridized carbons (Fsp3) is 0.231. The highest BCUT2D eigenvalue weighted by Crippen LogP contribution is 2.30. The van der Waals surface area contributed by atoms with E-state index in [0.29, 0.717) is 23.6 Å². The molecule has 6 heteroatoms. The number of hydrogen-bond acceptors (Lipinski definition) is 3. The van der Waals surface area contributed by atoms with Crippen LogP contribution in [0.5, 0.6) is 0 Å². The first-order chi connectivity index (χ1) is 9.00. The monoisotopic (exact) mass is 267 g/mol. The maximum absolute atomic E-state index is 12.4. The van der Waals surface area contributed by atoms with Crippen molar-refractivity contribution in [3.05, 3.63) is 42.2 Å². The Balaban J connectivity index is 2.29. The van der Waals surface area contributed by atoms with Crippen molar-refractivity contribution >= 4 is 5.82 Å². The average Bonchev–Trinajstić information content (AvgIpc) is 2.39. The molecule has 0 aliphatic carbocycles. The highest BCUT2D eigenvalue weighted by molar-refractivity contribution is 5.60. The molecule has 0 atom stereocenters. The molecule has 1 N–H and O–H groups in total. The van der Waals surface area contributed by atoms with Crippen LogP contribution in [-0.2, 0) is 6.18 Å². The van der Waals surface area contributed by atoms with Crippen molar-refractivity contribution in [1.29, 1.82) is 0 Å². The largest absolute Gasteiger partial charge is 0.416 e. The summed E-state index contributed by atoms with van der Waals surface area (Å²) in [6.45, 7) is 2.62. The lowest BCUT2D eigenvalue weighted by atomic mass is 10.1. The molecule has 0 amide bonds. The fourth-order valence-electron chi connectivity index (χ4n) is 1.60. The summed E-state index contributed by atoms with van der Waals surface area (Å²) in [5, 5.41) is 3.00. The molecule has 0 unspecified atom stereocenters. The smallest absolute Gasteiger partial charge is 0.369 e. The minimum absolute atomic E-state index is 0.534. The minimum Gasteiger partial charge on any atom is -0.369 e. The fourth-order valence-corrected chi connectivity index (χ4v) is 1.60. The molecule has 0 spiro atoms. The third kappa shape index (κ3) is 3.21. The van der Waals surface area contributed by atoms with Gasteiger partial charge >= 0.3 is 6.18 Å². The molecule has 0 radical (unpaired) electrons. The first-order valence-electron chi connectivity index (χ1n) is 5.74. The van der Waals surface area contributed by atoms with Gasteiger partial charge in [-0.15, -0.1) is 0 Å². The molecule has 1 heterocycles. The molecule has 100 valence electrons. The number of alkyl halides is 3. The highest BCUT2D eigenvalue weighted by atomic mass is 19.4. The van der Waals surface area contributed by atoms with Gasteiger partial charge in [0, 0.05) is 12.1 Å². The zero-order valence-electron chi connectivity index (χ0n) is 10.2. The van der Waals surface area contributed by atoms with E-state index in [1.807, 2.05) is 6.92 Å². The number of rotatable bonds is 3. The summed E-state index contributed by atoms with van der Waals surface area (Å²) >= 11 is 0. The molecule has 19 heavy (non-hydrogen) atoms. The van der Waals surface area contributed by atoms with Gasteiger partial charge in [0.05, 0.1) is 23.7 Å². The quantitative estimate of drug-likeness (QED) is 0.923. The summed E-state index contributed by atoms with van der Waals surface area (Å²) < 4.78 is 37.3. The van der Waals surface area contributed by atoms with E-state index >= 15 is 0 Å². The molecule has 2 aromatic rings. The van der Waals surface area contributed by atoms with Crippen LogP contribution in [-0.4, -0.2) is 16.5 Å². The highest BCUT2D eigenvalue weighted by Gasteiger charge is 2.29. The molecule has 0 saturated heterocycles. The van der Waals surface area contributed by atoms with Gasteiger partial charge in [-0.1, -0.05) is 12.1 Å². The second-order valence-corrected chi connectivity index (χ2v) is 3.89. The summed E-state index contributed by atoms with van der Waals surface area (Å²) in [6, 6.07) is 4.86. The Morgan fingerprint density at radius 3 is 2.37 bits per heavy atom. The van der Waals surface area contributed by atoms with Crippen molar-refractivity contribution < 1.29 is 13.2 Å². The Bertz CT molecular complexity index is 550. The molecular formula is C13H12F3N3. The van der Waals surface area contributed by atoms with Crippen LogP contribution in [0.2, 0.25) is 0 Å². The van der Waals surface area contributed by atoms with Gasteiger partial charge in [-0.25, -0.2) is 4.98 Å². The molecule has 0 aliphatic rings. The lowest BCUT2D eigenvalue weighted by Gasteiger charge is -2.08. The van der Waals surface area contributed by atoms with Gasteiger partial charge in [-0.05, 0) is 19.1 Å². The molecule has 2 rings (SSSR count). The van der Waals surface area contributed by atoms with Crippen LogP contribution < -0.4 is 5.32 Å². The summed E-state index contributed by atoms with van der Waals surface area (Å²) in [7, 11) is 0. The molecule has 0 saturated carbocycles. The SMILES string of the molecule is CCNc1cncc(-c2ccc(C(F)(F)F)cc2)n1. The average molecular weight is 267 g/mol. The van der Waals surface area contributed by atoms with Gasteiger partial charge in [0.25, 0.3) is 0 Å². The maximum Gasteiger partial charge on any atom is 0.416 e. The van der Waals surface area contributed by atoms with Crippen LogP contribution in [0, 0.1) is 0 Å². The Hall–Kier alpha value is -2.11. The van der Waals surface area contributed by atoms with E-state index in [9.17, 15) is 13.2 Å². The summed E-state index contributed by atoms with van der Waals surface area (Å²) in [5.41, 5.74) is 0.458. The van der Waals surface area contributed by atoms with Crippen molar-refractivity contribution in [3.8, 4) is 11.3 Å². The first-order valence-corrected chi connectivity index (χ1v) is 5.74. The van der Waals surface area contributed by atoms with Crippen molar-refractivity contribution in [2.24, 2.45) is 0 Å². The zero-order chi connectivity index (χ0) is 13.9. The second kappa shape index (κ2) is 5.26. The van der Waals surface area contributed by atoms with Gasteiger partial charge in [-0.2, -0.15) is 13.2 Å². The lowest BCUT2D eigenvalue weighted by molar-refractivity contribution is -0.137. The normalized spacial score (nSPS) is 11.4. The number of nitrogens with zero attached hydrogens (tertiary/aromatic N) is 2. The summed E-state index contributed by atoms with van der Waals surface area (Å²) in [6.07, 6.45) is -1.24. The van der Waals surface area contributed by atoms with E-state index in [-0.39, 0.29) is 0 Å². The third-order valence-electron chi connectivity index (χ3n) is 2.50. The van der Waals surface area contributed by atoms with Crippen LogP contribution in [0.4, 0.5) is 19.0 Å². The molecule has 0 fully saturated rings. The molecule has 3 nitrogen and oxygen atoms in total. The Kier molecular flexibility index (Phi) is 3.69. The standard InChI is InChI=1S/C13H12F3N3/c1-2-18-12-8-17-7-11(19-12)9-3-5-10(6-4-9)13(14,15)16/h3-8H,2H2,1H3,(H,18,19). The Labute approximate surface area is 108 Å². The van der Waals surface area contributed by atoms with E-state index in [4.69, 9.17) is 0 Å². The van der Waals surface area contributed by atoms with Crippen LogP contribution in [0.1, 0.15) is 12.5 Å². The van der Waals surface area contributed by atoms with Crippen LogP contribution in [0.25, 0.3) is 11.3 Å². The van der Waals surface area contributed by atoms with Gasteiger partial charge in [0.1, 0.15) is 5.82 Å². The van der Waals surface area contributed by atoms with Crippen LogP contribution in [0.3, 0.4) is 0 Å². The topological polar surface area (TPSA) is 37.8 Å². The Morgan fingerprint density at radius 1 is 1.11 bits per heavy atom. The van der Waals surface area contributed by atoms with Crippen molar-refractivity contribution in [1.82, 2.24) is 9.97 Å². The predicted molar refractivity (Wildman–Crippen MR) is 66.6 cm³/mol. The summed E-state index contributed by atoms with van der Waals surface area (Å²) in [5.74, 6) is 0.597. The number of anilines is 1. The second-order valence-electron chi connectivity index (χ2n) is 3.89. The number of nitrogens with one attached hydrogen (secondary N) is 1. The summed E-state index contributed by atoms with van der Waals surface area (Å²) in [4.78, 5) is 8.27. The van der Waals surface area contributed by atoms with E-state index < -0.39 is 11.7 Å². The number of aromatic nitrogens is 2.